The highest BCUT2D eigenvalue weighted by Crippen LogP contribution is 2.44. The third kappa shape index (κ3) is 4.55. The Morgan fingerprint density at radius 2 is 1.86 bits per heavy atom. The number of nitrogens with zero attached hydrogens (tertiary/aromatic N) is 1. The van der Waals surface area contributed by atoms with Gasteiger partial charge in [-0.3, -0.25) is 4.79 Å². The van der Waals surface area contributed by atoms with Crippen LogP contribution in [0.2, 0.25) is 10.0 Å². The van der Waals surface area contributed by atoms with Gasteiger partial charge in [-0.15, -0.1) is 6.58 Å². The molecular weight excluding hydrogens is 409 g/mol. The van der Waals surface area contributed by atoms with Gasteiger partial charge < -0.3 is 14.4 Å². The smallest absolute Gasteiger partial charge is 0.253 e. The van der Waals surface area contributed by atoms with E-state index >= 15 is 0 Å². The van der Waals surface area contributed by atoms with Gasteiger partial charge in [-0.1, -0.05) is 60.5 Å². The van der Waals surface area contributed by atoms with Crippen molar-refractivity contribution < 1.29 is 14.3 Å². The van der Waals surface area contributed by atoms with Crippen molar-refractivity contribution >= 4 is 35.4 Å². The van der Waals surface area contributed by atoms with E-state index in [0.717, 1.165) is 17.4 Å². The predicted octanol–water partition coefficient (Wildman–Crippen LogP) is 5.56. The first kappa shape index (κ1) is 21.6. The Bertz CT molecular complexity index is 884. The standard InChI is InChI=1S/C23H23Cl2NO3/c1-3-6-20-23(28)26(19(4-2)14-27)21(15-9-11-17(24)12-10-15)22(29-20)16-7-5-8-18(25)13-16/h3,5,7-14,19-22H,1,4,6H2,2H3/t19?,20-,21-,22-/m1/s1. The molecular formula is C23H23Cl2NO3. The molecule has 1 aliphatic rings. The van der Waals surface area contributed by atoms with Gasteiger partial charge >= 0.3 is 0 Å². The number of carbonyl (C=O) groups excluding carboxylic acids is 2. The number of ether oxygens (including phenoxy) is 1. The topological polar surface area (TPSA) is 46.6 Å². The lowest BCUT2D eigenvalue weighted by atomic mass is 9.89. The summed E-state index contributed by atoms with van der Waals surface area (Å²) in [4.78, 5) is 26.8. The molecule has 0 radical (unpaired) electrons. The Kier molecular flexibility index (Phi) is 7.12. The van der Waals surface area contributed by atoms with Crippen LogP contribution in [0.3, 0.4) is 0 Å². The maximum atomic E-state index is 13.3. The van der Waals surface area contributed by atoms with Crippen LogP contribution in [0.15, 0.2) is 61.2 Å². The Labute approximate surface area is 181 Å². The Hall–Kier alpha value is -2.14. The molecule has 1 saturated heterocycles. The first-order valence-corrected chi connectivity index (χ1v) is 10.3. The van der Waals surface area contributed by atoms with Crippen molar-refractivity contribution in [2.24, 2.45) is 0 Å². The molecule has 4 nitrogen and oxygen atoms in total. The molecule has 1 unspecified atom stereocenters. The Balaban J connectivity index is 2.17. The van der Waals surface area contributed by atoms with Gasteiger partial charge in [0.1, 0.15) is 18.5 Å². The molecule has 29 heavy (non-hydrogen) atoms. The first-order valence-electron chi connectivity index (χ1n) is 9.54. The van der Waals surface area contributed by atoms with Gasteiger partial charge in [0, 0.05) is 16.5 Å². The zero-order valence-corrected chi connectivity index (χ0v) is 17.6. The van der Waals surface area contributed by atoms with Crippen LogP contribution >= 0.6 is 23.2 Å². The van der Waals surface area contributed by atoms with Crippen molar-refractivity contribution in [2.75, 3.05) is 0 Å². The molecule has 1 aliphatic heterocycles. The zero-order chi connectivity index (χ0) is 21.0. The van der Waals surface area contributed by atoms with E-state index in [2.05, 4.69) is 6.58 Å². The fourth-order valence-corrected chi connectivity index (χ4v) is 4.06. The summed E-state index contributed by atoms with van der Waals surface area (Å²) in [5.74, 6) is -0.220. The van der Waals surface area contributed by atoms with Gasteiger partial charge in [-0.25, -0.2) is 0 Å². The SMILES string of the molecule is C=CC[C@H]1O[C@H](c2cccc(Cl)c2)[C@@H](c2ccc(Cl)cc2)N(C(C=O)CC)C1=O. The second-order valence-electron chi connectivity index (χ2n) is 6.98. The lowest BCUT2D eigenvalue weighted by Crippen LogP contribution is -2.55. The molecule has 4 atom stereocenters. The number of amides is 1. The predicted molar refractivity (Wildman–Crippen MR) is 115 cm³/mol. The van der Waals surface area contributed by atoms with Crippen LogP contribution in [0, 0.1) is 0 Å². The number of halogens is 2. The van der Waals surface area contributed by atoms with E-state index in [1.165, 1.54) is 0 Å². The Morgan fingerprint density at radius 1 is 1.14 bits per heavy atom. The molecule has 152 valence electrons. The molecule has 0 bridgehead atoms. The maximum Gasteiger partial charge on any atom is 0.253 e. The summed E-state index contributed by atoms with van der Waals surface area (Å²) in [6.45, 7) is 5.63. The fraction of sp³-hybridized carbons (Fsp3) is 0.304. The van der Waals surface area contributed by atoms with Crippen molar-refractivity contribution in [3.63, 3.8) is 0 Å². The van der Waals surface area contributed by atoms with Crippen molar-refractivity contribution in [1.82, 2.24) is 4.90 Å². The first-order chi connectivity index (χ1) is 14.0. The number of benzene rings is 2. The van der Waals surface area contributed by atoms with Crippen molar-refractivity contribution in [3.8, 4) is 0 Å². The summed E-state index contributed by atoms with van der Waals surface area (Å²) >= 11 is 12.3. The van der Waals surface area contributed by atoms with Gasteiger partial charge in [0.25, 0.3) is 5.91 Å². The third-order valence-electron chi connectivity index (χ3n) is 5.13. The van der Waals surface area contributed by atoms with E-state index < -0.39 is 24.3 Å². The van der Waals surface area contributed by atoms with Gasteiger partial charge in [0.15, 0.2) is 0 Å². The second-order valence-corrected chi connectivity index (χ2v) is 7.85. The summed E-state index contributed by atoms with van der Waals surface area (Å²) in [6, 6.07) is 13.6. The van der Waals surface area contributed by atoms with Crippen LogP contribution < -0.4 is 0 Å². The second kappa shape index (κ2) is 9.57. The summed E-state index contributed by atoms with van der Waals surface area (Å²) < 4.78 is 6.28. The molecule has 2 aromatic carbocycles. The van der Waals surface area contributed by atoms with Crippen molar-refractivity contribution in [2.45, 2.75) is 44.1 Å². The van der Waals surface area contributed by atoms with E-state index in [9.17, 15) is 9.59 Å². The summed E-state index contributed by atoms with van der Waals surface area (Å²) in [7, 11) is 0. The molecule has 0 saturated carbocycles. The largest absolute Gasteiger partial charge is 0.358 e. The van der Waals surface area contributed by atoms with Crippen LogP contribution in [-0.4, -0.2) is 29.2 Å². The molecule has 1 fully saturated rings. The highest BCUT2D eigenvalue weighted by atomic mass is 35.5. The van der Waals surface area contributed by atoms with Gasteiger partial charge in [-0.2, -0.15) is 0 Å². The minimum atomic E-state index is -0.714. The molecule has 6 heteroatoms. The zero-order valence-electron chi connectivity index (χ0n) is 16.1. The highest BCUT2D eigenvalue weighted by molar-refractivity contribution is 6.30. The number of hydrogen-bond acceptors (Lipinski definition) is 3. The quantitative estimate of drug-likeness (QED) is 0.425. The van der Waals surface area contributed by atoms with E-state index in [4.69, 9.17) is 27.9 Å². The molecule has 0 aromatic heterocycles. The molecule has 0 spiro atoms. The lowest BCUT2D eigenvalue weighted by molar-refractivity contribution is -0.179. The summed E-state index contributed by atoms with van der Waals surface area (Å²) in [5, 5.41) is 1.17. The summed E-state index contributed by atoms with van der Waals surface area (Å²) in [6.07, 6.45) is 2.13. The third-order valence-corrected chi connectivity index (χ3v) is 5.62. The van der Waals surface area contributed by atoms with Gasteiger partial charge in [0.2, 0.25) is 0 Å². The minimum Gasteiger partial charge on any atom is -0.358 e. The average Bonchev–Trinajstić information content (AvgIpc) is 2.72. The number of hydrogen-bond donors (Lipinski definition) is 0. The van der Waals surface area contributed by atoms with E-state index in [1.54, 1.807) is 29.2 Å². The van der Waals surface area contributed by atoms with Crippen molar-refractivity contribution in [1.29, 1.82) is 0 Å². The molecule has 1 heterocycles. The van der Waals surface area contributed by atoms with Gasteiger partial charge in [-0.05, 0) is 41.8 Å². The number of aldehydes is 1. The van der Waals surface area contributed by atoms with Crippen LogP contribution in [-0.2, 0) is 14.3 Å². The Morgan fingerprint density at radius 3 is 2.45 bits per heavy atom. The van der Waals surface area contributed by atoms with Crippen LogP contribution in [0.5, 0.6) is 0 Å². The van der Waals surface area contributed by atoms with E-state index in [1.807, 2.05) is 37.3 Å². The van der Waals surface area contributed by atoms with Crippen LogP contribution in [0.4, 0.5) is 0 Å². The minimum absolute atomic E-state index is 0.220. The van der Waals surface area contributed by atoms with Gasteiger partial charge in [0.05, 0.1) is 12.1 Å². The lowest BCUT2D eigenvalue weighted by Gasteiger charge is -2.46. The summed E-state index contributed by atoms with van der Waals surface area (Å²) in [5.41, 5.74) is 1.68. The van der Waals surface area contributed by atoms with E-state index in [-0.39, 0.29) is 5.91 Å². The monoisotopic (exact) mass is 431 g/mol. The molecule has 0 aliphatic carbocycles. The number of morpholine rings is 1. The van der Waals surface area contributed by atoms with E-state index in [0.29, 0.717) is 22.9 Å². The highest BCUT2D eigenvalue weighted by Gasteiger charge is 2.46. The normalized spacial score (nSPS) is 22.9. The average molecular weight is 432 g/mol. The molecule has 3 rings (SSSR count). The molecule has 1 amide bonds. The maximum absolute atomic E-state index is 13.3. The molecule has 2 aromatic rings. The number of carbonyl (C=O) groups is 2. The number of rotatable bonds is 7. The molecule has 0 N–H and O–H groups in total. The van der Waals surface area contributed by atoms with Crippen LogP contribution in [0.1, 0.15) is 43.0 Å². The van der Waals surface area contributed by atoms with Crippen molar-refractivity contribution in [3.05, 3.63) is 82.4 Å². The fourth-order valence-electron chi connectivity index (χ4n) is 3.73. The van der Waals surface area contributed by atoms with Crippen LogP contribution in [0.25, 0.3) is 0 Å².